The highest BCUT2D eigenvalue weighted by atomic mass is 79.9. The molecule has 0 amide bonds. The lowest BCUT2D eigenvalue weighted by atomic mass is 10.2. The van der Waals surface area contributed by atoms with Crippen molar-refractivity contribution in [2.45, 2.75) is 6.54 Å². The number of nitrogens with zero attached hydrogens (tertiary/aromatic N) is 2. The Morgan fingerprint density at radius 1 is 0.929 bits per heavy atom. The molecule has 0 saturated heterocycles. The van der Waals surface area contributed by atoms with Crippen LogP contribution in [0, 0.1) is 0 Å². The van der Waals surface area contributed by atoms with Crippen molar-refractivity contribution in [3.63, 3.8) is 0 Å². The van der Waals surface area contributed by atoms with Crippen LogP contribution in [0.4, 0.5) is 5.95 Å². The van der Waals surface area contributed by atoms with Crippen molar-refractivity contribution in [3.8, 4) is 22.8 Å². The summed E-state index contributed by atoms with van der Waals surface area (Å²) >= 11 is 3.47. The molecule has 0 bridgehead atoms. The zero-order chi connectivity index (χ0) is 19.3. The molecule has 1 N–H and O–H groups in total. The fraction of sp³-hybridized carbons (Fsp3) is 0.0870. The molecule has 4 nitrogen and oxygen atoms in total. The van der Waals surface area contributed by atoms with Crippen molar-refractivity contribution in [1.29, 1.82) is 0 Å². The van der Waals surface area contributed by atoms with Gasteiger partial charge < -0.3 is 14.6 Å². The Kier molecular flexibility index (Phi) is 5.44. The Balaban J connectivity index is 1.45. The van der Waals surface area contributed by atoms with Crippen LogP contribution in [-0.4, -0.2) is 9.55 Å². The van der Waals surface area contributed by atoms with E-state index in [9.17, 15) is 0 Å². The van der Waals surface area contributed by atoms with Crippen LogP contribution in [0.1, 0.15) is 5.56 Å². The normalized spacial score (nSPS) is 10.6. The second-order valence-electron chi connectivity index (χ2n) is 6.45. The molecule has 1 aromatic heterocycles. The highest BCUT2D eigenvalue weighted by Gasteiger charge is 2.08. The summed E-state index contributed by atoms with van der Waals surface area (Å²) in [7, 11) is 2.02. The van der Waals surface area contributed by atoms with Crippen LogP contribution >= 0.6 is 15.9 Å². The number of anilines is 1. The summed E-state index contributed by atoms with van der Waals surface area (Å²) in [6, 6.07) is 26.1. The van der Waals surface area contributed by atoms with Crippen molar-refractivity contribution in [2.24, 2.45) is 7.05 Å². The monoisotopic (exact) mass is 433 g/mol. The van der Waals surface area contributed by atoms with E-state index in [4.69, 9.17) is 4.74 Å². The Hall–Kier alpha value is -3.05. The second-order valence-corrected chi connectivity index (χ2v) is 7.36. The number of ether oxygens (including phenoxy) is 1. The first-order valence-corrected chi connectivity index (χ1v) is 9.82. The molecule has 4 aromatic rings. The molecular weight excluding hydrogens is 414 g/mol. The third-order valence-electron chi connectivity index (χ3n) is 4.46. The van der Waals surface area contributed by atoms with Gasteiger partial charge in [-0.3, -0.25) is 0 Å². The molecule has 0 saturated carbocycles. The van der Waals surface area contributed by atoms with Gasteiger partial charge in [0.2, 0.25) is 5.95 Å². The number of nitrogens with one attached hydrogen (secondary N) is 1. The summed E-state index contributed by atoms with van der Waals surface area (Å²) in [5, 5.41) is 3.41. The van der Waals surface area contributed by atoms with Gasteiger partial charge >= 0.3 is 0 Å². The van der Waals surface area contributed by atoms with Crippen molar-refractivity contribution >= 4 is 21.9 Å². The topological polar surface area (TPSA) is 39.1 Å². The van der Waals surface area contributed by atoms with Gasteiger partial charge in [-0.15, -0.1) is 0 Å². The van der Waals surface area contributed by atoms with Crippen LogP contribution in [0.25, 0.3) is 11.3 Å². The van der Waals surface area contributed by atoms with Crippen LogP contribution in [0.15, 0.2) is 89.5 Å². The predicted molar refractivity (Wildman–Crippen MR) is 117 cm³/mol. The van der Waals surface area contributed by atoms with Gasteiger partial charge in [0.05, 0.1) is 11.9 Å². The minimum atomic E-state index is 0.663. The van der Waals surface area contributed by atoms with Crippen molar-refractivity contribution in [2.75, 3.05) is 5.32 Å². The molecule has 5 heteroatoms. The highest BCUT2D eigenvalue weighted by molar-refractivity contribution is 9.10. The lowest BCUT2D eigenvalue weighted by molar-refractivity contribution is 0.482. The molecule has 0 aliphatic rings. The Morgan fingerprint density at radius 3 is 2.46 bits per heavy atom. The number of halogens is 1. The van der Waals surface area contributed by atoms with Crippen LogP contribution in [-0.2, 0) is 13.6 Å². The van der Waals surface area contributed by atoms with E-state index in [1.807, 2.05) is 73.9 Å². The zero-order valence-electron chi connectivity index (χ0n) is 15.5. The van der Waals surface area contributed by atoms with Crippen molar-refractivity contribution in [3.05, 3.63) is 95.1 Å². The molecule has 0 fully saturated rings. The highest BCUT2D eigenvalue weighted by Crippen LogP contribution is 2.25. The molecule has 3 aromatic carbocycles. The van der Waals surface area contributed by atoms with Gasteiger partial charge in [0, 0.05) is 18.1 Å². The maximum atomic E-state index is 5.91. The van der Waals surface area contributed by atoms with Gasteiger partial charge in [-0.05, 0) is 47.5 Å². The molecule has 4 rings (SSSR count). The third-order valence-corrected chi connectivity index (χ3v) is 4.98. The SMILES string of the molecule is Cn1c(-c2ccc(Br)cc2)cnc1NCc1cccc(Oc2ccccc2)c1. The van der Waals surface area contributed by atoms with Crippen LogP contribution < -0.4 is 10.1 Å². The zero-order valence-corrected chi connectivity index (χ0v) is 17.1. The fourth-order valence-corrected chi connectivity index (χ4v) is 3.25. The maximum absolute atomic E-state index is 5.91. The van der Waals surface area contributed by atoms with E-state index >= 15 is 0 Å². The van der Waals surface area contributed by atoms with Gasteiger partial charge in [-0.25, -0.2) is 4.98 Å². The number of imidazole rings is 1. The second kappa shape index (κ2) is 8.31. The van der Waals surface area contributed by atoms with E-state index < -0.39 is 0 Å². The summed E-state index contributed by atoms with van der Waals surface area (Å²) in [5.41, 5.74) is 3.32. The van der Waals surface area contributed by atoms with Gasteiger partial charge in [0.15, 0.2) is 0 Å². The number of benzene rings is 3. The quantitative estimate of drug-likeness (QED) is 0.390. The van der Waals surface area contributed by atoms with Gasteiger partial charge in [-0.1, -0.05) is 58.4 Å². The van der Waals surface area contributed by atoms with Crippen molar-refractivity contribution in [1.82, 2.24) is 9.55 Å². The lowest BCUT2D eigenvalue weighted by Gasteiger charge is -2.10. The summed E-state index contributed by atoms with van der Waals surface area (Å²) in [5.74, 6) is 2.48. The number of hydrogen-bond donors (Lipinski definition) is 1. The summed E-state index contributed by atoms with van der Waals surface area (Å²) in [6.07, 6.45) is 1.89. The number of hydrogen-bond acceptors (Lipinski definition) is 3. The summed E-state index contributed by atoms with van der Waals surface area (Å²) in [4.78, 5) is 4.53. The van der Waals surface area contributed by atoms with Crippen LogP contribution in [0.2, 0.25) is 0 Å². The third kappa shape index (κ3) is 4.26. The van der Waals surface area contributed by atoms with Crippen LogP contribution in [0.5, 0.6) is 11.5 Å². The number of rotatable bonds is 6. The molecule has 28 heavy (non-hydrogen) atoms. The fourth-order valence-electron chi connectivity index (χ4n) is 2.99. The molecule has 0 atom stereocenters. The van der Waals surface area contributed by atoms with E-state index in [1.165, 1.54) is 0 Å². The number of para-hydroxylation sites is 1. The minimum Gasteiger partial charge on any atom is -0.457 e. The average Bonchev–Trinajstić information content (AvgIpc) is 3.08. The predicted octanol–water partition coefficient (Wildman–Crippen LogP) is 6.25. The standard InChI is InChI=1S/C23H20BrN3O/c1-27-22(18-10-12-19(24)13-11-18)16-26-23(27)25-15-17-6-5-9-21(14-17)28-20-7-3-2-4-8-20/h2-14,16H,15H2,1H3,(H,25,26). The first-order chi connectivity index (χ1) is 13.7. The Morgan fingerprint density at radius 2 is 1.68 bits per heavy atom. The van der Waals surface area contributed by atoms with E-state index in [-0.39, 0.29) is 0 Å². The van der Waals surface area contributed by atoms with Gasteiger partial charge in [0.25, 0.3) is 0 Å². The largest absolute Gasteiger partial charge is 0.457 e. The summed E-state index contributed by atoms with van der Waals surface area (Å²) < 4.78 is 9.04. The molecule has 0 radical (unpaired) electrons. The molecule has 0 spiro atoms. The van der Waals surface area contributed by atoms with Crippen LogP contribution in [0.3, 0.4) is 0 Å². The molecule has 1 heterocycles. The number of aromatic nitrogens is 2. The molecule has 140 valence electrons. The molecule has 0 aliphatic carbocycles. The van der Waals surface area contributed by atoms with E-state index in [0.717, 1.165) is 38.7 Å². The van der Waals surface area contributed by atoms with E-state index in [2.05, 4.69) is 49.0 Å². The minimum absolute atomic E-state index is 0.663. The first-order valence-electron chi connectivity index (χ1n) is 9.02. The maximum Gasteiger partial charge on any atom is 0.203 e. The summed E-state index contributed by atoms with van der Waals surface area (Å²) in [6.45, 7) is 0.663. The Bertz CT molecular complexity index is 1060. The smallest absolute Gasteiger partial charge is 0.203 e. The van der Waals surface area contributed by atoms with Gasteiger partial charge in [0.1, 0.15) is 11.5 Å². The van der Waals surface area contributed by atoms with Gasteiger partial charge in [-0.2, -0.15) is 0 Å². The van der Waals surface area contributed by atoms with E-state index in [1.54, 1.807) is 0 Å². The first kappa shape index (κ1) is 18.3. The molecular formula is C23H20BrN3O. The molecule has 0 unspecified atom stereocenters. The Labute approximate surface area is 173 Å². The van der Waals surface area contributed by atoms with E-state index in [0.29, 0.717) is 6.54 Å². The lowest BCUT2D eigenvalue weighted by Crippen LogP contribution is -2.05. The molecule has 0 aliphatic heterocycles. The average molecular weight is 434 g/mol. The van der Waals surface area contributed by atoms with Crippen molar-refractivity contribution < 1.29 is 4.74 Å².